The highest BCUT2D eigenvalue weighted by Gasteiger charge is 2.36. The van der Waals surface area contributed by atoms with E-state index in [2.05, 4.69) is 22.0 Å². The molecular weight excluding hydrogens is 275 g/mol. The predicted molar refractivity (Wildman–Crippen MR) is 87.0 cm³/mol. The van der Waals surface area contributed by atoms with Crippen LogP contribution in [0.1, 0.15) is 18.4 Å². The monoisotopic (exact) mass is 300 g/mol. The van der Waals surface area contributed by atoms with Crippen molar-refractivity contribution in [2.75, 3.05) is 32.7 Å². The van der Waals surface area contributed by atoms with Crippen LogP contribution in [-0.2, 0) is 6.54 Å². The Morgan fingerprint density at radius 1 is 0.955 bits per heavy atom. The zero-order valence-electron chi connectivity index (χ0n) is 13.1. The predicted octanol–water partition coefficient (Wildman–Crippen LogP) is 3.16. The summed E-state index contributed by atoms with van der Waals surface area (Å²) in [5, 5.41) is 0. The first-order valence-corrected chi connectivity index (χ1v) is 8.64. The van der Waals surface area contributed by atoms with Crippen molar-refractivity contribution in [2.45, 2.75) is 19.4 Å². The van der Waals surface area contributed by atoms with Crippen LogP contribution < -0.4 is 0 Å². The number of allylic oxidation sites excluding steroid dienone is 2. The number of nitrogens with zero attached hydrogens (tertiary/aromatic N) is 2. The second-order valence-electron chi connectivity index (χ2n) is 7.21. The molecule has 1 aromatic carbocycles. The fourth-order valence-electron chi connectivity index (χ4n) is 4.43. The summed E-state index contributed by atoms with van der Waals surface area (Å²) in [4.78, 5) is 5.01. The van der Waals surface area contributed by atoms with Gasteiger partial charge in [0.1, 0.15) is 5.82 Å². The van der Waals surface area contributed by atoms with E-state index in [1.165, 1.54) is 19.4 Å². The second kappa shape index (κ2) is 6.13. The third-order valence-corrected chi connectivity index (χ3v) is 5.73. The number of hydrogen-bond acceptors (Lipinski definition) is 2. The van der Waals surface area contributed by atoms with E-state index in [1.807, 2.05) is 12.1 Å². The van der Waals surface area contributed by atoms with Crippen LogP contribution in [0.4, 0.5) is 4.39 Å². The van der Waals surface area contributed by atoms with E-state index in [9.17, 15) is 4.39 Å². The van der Waals surface area contributed by atoms with Crippen molar-refractivity contribution >= 4 is 0 Å². The van der Waals surface area contributed by atoms with E-state index in [-0.39, 0.29) is 5.82 Å². The molecule has 3 aliphatic rings. The Balaban J connectivity index is 1.26. The maximum atomic E-state index is 13.7. The van der Waals surface area contributed by atoms with Crippen LogP contribution in [-0.4, -0.2) is 42.5 Å². The van der Waals surface area contributed by atoms with Gasteiger partial charge in [0.25, 0.3) is 0 Å². The van der Waals surface area contributed by atoms with E-state index < -0.39 is 0 Å². The molecule has 0 radical (unpaired) electrons. The maximum absolute atomic E-state index is 13.7. The highest BCUT2D eigenvalue weighted by molar-refractivity contribution is 5.17. The van der Waals surface area contributed by atoms with Crippen LogP contribution in [0.5, 0.6) is 0 Å². The molecule has 22 heavy (non-hydrogen) atoms. The van der Waals surface area contributed by atoms with Crippen molar-refractivity contribution in [1.82, 2.24) is 9.80 Å². The van der Waals surface area contributed by atoms with Crippen molar-refractivity contribution in [1.29, 1.82) is 0 Å². The van der Waals surface area contributed by atoms with Crippen molar-refractivity contribution in [3.05, 3.63) is 47.8 Å². The van der Waals surface area contributed by atoms with Crippen LogP contribution >= 0.6 is 0 Å². The summed E-state index contributed by atoms with van der Waals surface area (Å²) in [5.74, 6) is 2.53. The molecule has 3 heteroatoms. The summed E-state index contributed by atoms with van der Waals surface area (Å²) >= 11 is 0. The Morgan fingerprint density at radius 2 is 1.73 bits per heavy atom. The molecule has 0 spiro atoms. The SMILES string of the molecule is Fc1ccccc1CN1CCN(C[C@@H]2C[C@H]3C=C[C@@H]2C3)CC1. The minimum Gasteiger partial charge on any atom is -0.300 e. The fourth-order valence-corrected chi connectivity index (χ4v) is 4.43. The van der Waals surface area contributed by atoms with Crippen molar-refractivity contribution in [3.8, 4) is 0 Å². The van der Waals surface area contributed by atoms with Gasteiger partial charge in [-0.3, -0.25) is 4.90 Å². The number of benzene rings is 1. The molecule has 2 nitrogen and oxygen atoms in total. The molecule has 4 rings (SSSR count). The van der Waals surface area contributed by atoms with Gasteiger partial charge in [0.15, 0.2) is 0 Å². The van der Waals surface area contributed by atoms with Gasteiger partial charge in [0, 0.05) is 44.8 Å². The molecular formula is C19H25FN2. The topological polar surface area (TPSA) is 6.48 Å². The molecule has 1 aliphatic heterocycles. The van der Waals surface area contributed by atoms with E-state index in [0.29, 0.717) is 0 Å². The average molecular weight is 300 g/mol. The minimum absolute atomic E-state index is 0.0707. The summed E-state index contributed by atoms with van der Waals surface area (Å²) in [6.45, 7) is 6.39. The van der Waals surface area contributed by atoms with E-state index in [1.54, 1.807) is 12.1 Å². The number of fused-ring (bicyclic) bond motifs is 2. The number of hydrogen-bond donors (Lipinski definition) is 0. The molecule has 2 bridgehead atoms. The second-order valence-corrected chi connectivity index (χ2v) is 7.21. The molecule has 1 saturated heterocycles. The zero-order valence-corrected chi connectivity index (χ0v) is 13.1. The first-order valence-electron chi connectivity index (χ1n) is 8.64. The third kappa shape index (κ3) is 2.97. The van der Waals surface area contributed by atoms with Gasteiger partial charge in [-0.15, -0.1) is 0 Å². The van der Waals surface area contributed by atoms with Gasteiger partial charge in [-0.1, -0.05) is 30.4 Å². The molecule has 3 atom stereocenters. The van der Waals surface area contributed by atoms with Crippen LogP contribution in [0.2, 0.25) is 0 Å². The van der Waals surface area contributed by atoms with Gasteiger partial charge in [-0.25, -0.2) is 4.39 Å². The largest absolute Gasteiger partial charge is 0.300 e. The fraction of sp³-hybridized carbons (Fsp3) is 0.579. The van der Waals surface area contributed by atoms with Gasteiger partial charge < -0.3 is 4.90 Å². The van der Waals surface area contributed by atoms with Crippen molar-refractivity contribution in [3.63, 3.8) is 0 Å². The van der Waals surface area contributed by atoms with Crippen molar-refractivity contribution < 1.29 is 4.39 Å². The molecule has 0 amide bonds. The minimum atomic E-state index is -0.0707. The van der Waals surface area contributed by atoms with Crippen LogP contribution in [0.25, 0.3) is 0 Å². The quantitative estimate of drug-likeness (QED) is 0.788. The van der Waals surface area contributed by atoms with Gasteiger partial charge in [0.05, 0.1) is 0 Å². The van der Waals surface area contributed by atoms with Crippen LogP contribution in [0.3, 0.4) is 0 Å². The summed E-state index contributed by atoms with van der Waals surface area (Å²) < 4.78 is 13.7. The van der Waals surface area contributed by atoms with E-state index in [4.69, 9.17) is 0 Å². The molecule has 1 aromatic rings. The molecule has 118 valence electrons. The van der Waals surface area contributed by atoms with E-state index >= 15 is 0 Å². The lowest BCUT2D eigenvalue weighted by Gasteiger charge is -2.37. The van der Waals surface area contributed by atoms with E-state index in [0.717, 1.165) is 56.0 Å². The normalized spacial score (nSPS) is 32.0. The van der Waals surface area contributed by atoms with Gasteiger partial charge in [-0.05, 0) is 36.7 Å². The lowest BCUT2D eigenvalue weighted by atomic mass is 9.93. The summed E-state index contributed by atoms with van der Waals surface area (Å²) in [7, 11) is 0. The summed E-state index contributed by atoms with van der Waals surface area (Å²) in [6, 6.07) is 7.16. The Morgan fingerprint density at radius 3 is 2.41 bits per heavy atom. The highest BCUT2D eigenvalue weighted by Crippen LogP contribution is 2.43. The Hall–Kier alpha value is -1.19. The standard InChI is InChI=1S/C19H25FN2/c20-19-4-2-1-3-17(19)13-21-7-9-22(10-8-21)14-18-12-15-5-6-16(18)11-15/h1-6,15-16,18H,7-14H2/t15-,16+,18-/m0/s1. The lowest BCUT2D eigenvalue weighted by Crippen LogP contribution is -2.47. The maximum Gasteiger partial charge on any atom is 0.127 e. The van der Waals surface area contributed by atoms with Crippen molar-refractivity contribution in [2.24, 2.45) is 17.8 Å². The third-order valence-electron chi connectivity index (χ3n) is 5.73. The molecule has 2 aliphatic carbocycles. The summed E-state index contributed by atoms with van der Waals surface area (Å²) in [6.07, 6.45) is 7.68. The smallest absolute Gasteiger partial charge is 0.127 e. The Labute approximate surface area is 132 Å². The number of piperazine rings is 1. The average Bonchev–Trinajstić information content (AvgIpc) is 3.14. The molecule has 1 heterocycles. The number of rotatable bonds is 4. The molecule has 0 aromatic heterocycles. The van der Waals surface area contributed by atoms with Gasteiger partial charge in [0.2, 0.25) is 0 Å². The Bertz CT molecular complexity index is 548. The van der Waals surface area contributed by atoms with Crippen LogP contribution in [0, 0.1) is 23.6 Å². The molecule has 0 unspecified atom stereocenters. The zero-order chi connectivity index (χ0) is 14.9. The van der Waals surface area contributed by atoms with Crippen LogP contribution in [0.15, 0.2) is 36.4 Å². The lowest BCUT2D eigenvalue weighted by molar-refractivity contribution is 0.108. The molecule has 2 fully saturated rings. The van der Waals surface area contributed by atoms with Gasteiger partial charge in [-0.2, -0.15) is 0 Å². The van der Waals surface area contributed by atoms with Gasteiger partial charge >= 0.3 is 0 Å². The molecule has 1 saturated carbocycles. The highest BCUT2D eigenvalue weighted by atomic mass is 19.1. The summed E-state index contributed by atoms with van der Waals surface area (Å²) in [5.41, 5.74) is 0.828. The number of halogens is 1. The Kier molecular flexibility index (Phi) is 4.01. The molecule has 0 N–H and O–H groups in total. The first kappa shape index (κ1) is 14.4. The first-order chi connectivity index (χ1) is 10.8.